The summed E-state index contributed by atoms with van der Waals surface area (Å²) in [5.74, 6) is 0.291. The lowest BCUT2D eigenvalue weighted by molar-refractivity contribution is -0.720. The van der Waals surface area contributed by atoms with Crippen molar-refractivity contribution in [1.29, 1.82) is 0 Å². The Bertz CT molecular complexity index is 3290. The number of rotatable bonds is 2. The molecule has 10 aromatic rings. The first-order chi connectivity index (χ1) is 27.4. The first-order valence-electron chi connectivity index (χ1n) is 20.3. The molecular formula is C52H43N3S+2. The van der Waals surface area contributed by atoms with E-state index in [1.165, 1.54) is 97.5 Å². The molecule has 5 aromatic carbocycles. The van der Waals surface area contributed by atoms with E-state index in [0.717, 1.165) is 31.4 Å². The van der Waals surface area contributed by atoms with Crippen molar-refractivity contribution in [2.45, 2.75) is 63.8 Å². The summed E-state index contributed by atoms with van der Waals surface area (Å²) in [5.41, 5.74) is 14.7. The minimum atomic E-state index is 0.0697. The van der Waals surface area contributed by atoms with Gasteiger partial charge in [-0.2, -0.15) is 9.13 Å². The van der Waals surface area contributed by atoms with Gasteiger partial charge in [-0.15, -0.1) is 11.3 Å². The molecule has 5 aromatic heterocycles. The minimum absolute atomic E-state index is 0.0697. The molecule has 0 N–H and O–H groups in total. The normalized spacial score (nSPS) is 17.1. The number of para-hydroxylation sites is 1. The fourth-order valence-electron chi connectivity index (χ4n) is 10.5. The van der Waals surface area contributed by atoms with Crippen molar-refractivity contribution in [2.75, 3.05) is 0 Å². The molecule has 0 aliphatic carbocycles. The standard InChI is InChI=1S/C52H43N3S/c1-5-52(3,4)33-24-26-54-45-27-31(2)53-25-11-10-18-44(53)34-14-7-6-13-32(34)20-21-35(45)41-30-47-42(29-43(41)46(54)28-33)38-17-12-16-37-39-22-23-40-36-15-8-9-19-48(36)56-51(40)50(39)55(47)49(37)38/h6-19,22-26,28-30,35,45H,2,5,20-21,27H2,1,3-4H3/q+2. The van der Waals surface area contributed by atoms with E-state index in [-0.39, 0.29) is 11.5 Å². The van der Waals surface area contributed by atoms with Crippen LogP contribution < -0.4 is 9.13 Å². The van der Waals surface area contributed by atoms with Crippen LogP contribution in [0.25, 0.3) is 86.5 Å². The van der Waals surface area contributed by atoms with Crippen LogP contribution >= 0.6 is 11.3 Å². The van der Waals surface area contributed by atoms with E-state index in [2.05, 4.69) is 168 Å². The van der Waals surface area contributed by atoms with E-state index < -0.39 is 0 Å². The van der Waals surface area contributed by atoms with Gasteiger partial charge >= 0.3 is 0 Å². The lowest BCUT2D eigenvalue weighted by atomic mass is 9.75. The Balaban J connectivity index is 1.18. The fourth-order valence-corrected chi connectivity index (χ4v) is 11.8. The second kappa shape index (κ2) is 11.6. The average Bonchev–Trinajstić information content (AvgIpc) is 3.89. The van der Waals surface area contributed by atoms with Gasteiger partial charge in [0, 0.05) is 72.8 Å². The zero-order chi connectivity index (χ0) is 37.4. The summed E-state index contributed by atoms with van der Waals surface area (Å²) in [6, 6.07) is 46.5. The molecule has 0 radical (unpaired) electrons. The second-order valence-electron chi connectivity index (χ2n) is 17.0. The van der Waals surface area contributed by atoms with Crippen LogP contribution in [0.3, 0.4) is 0 Å². The molecule has 4 heteroatoms. The van der Waals surface area contributed by atoms with E-state index in [0.29, 0.717) is 5.92 Å². The van der Waals surface area contributed by atoms with E-state index >= 15 is 0 Å². The van der Waals surface area contributed by atoms with E-state index in [9.17, 15) is 0 Å². The zero-order valence-corrected chi connectivity index (χ0v) is 33.0. The van der Waals surface area contributed by atoms with Crippen LogP contribution in [0.15, 0.2) is 140 Å². The fraction of sp³-hybridized carbons (Fsp3) is 0.192. The van der Waals surface area contributed by atoms with Crippen LogP contribution in [0.4, 0.5) is 0 Å². The second-order valence-corrected chi connectivity index (χ2v) is 18.0. The number of hydrogen-bond acceptors (Lipinski definition) is 1. The highest BCUT2D eigenvalue weighted by Gasteiger charge is 2.43. The third-order valence-corrected chi connectivity index (χ3v) is 15.0. The lowest BCUT2D eigenvalue weighted by Gasteiger charge is -2.32. The summed E-state index contributed by atoms with van der Waals surface area (Å²) in [5, 5.41) is 8.06. The van der Waals surface area contributed by atoms with Gasteiger partial charge in [0.2, 0.25) is 11.4 Å². The van der Waals surface area contributed by atoms with E-state index in [4.69, 9.17) is 6.58 Å². The van der Waals surface area contributed by atoms with Crippen LogP contribution in [-0.4, -0.2) is 4.40 Å². The molecule has 0 saturated heterocycles. The summed E-state index contributed by atoms with van der Waals surface area (Å²) in [4.78, 5) is 0. The summed E-state index contributed by atoms with van der Waals surface area (Å²) in [6.45, 7) is 11.9. The number of aryl methyl sites for hydroxylation is 1. The van der Waals surface area contributed by atoms with Crippen molar-refractivity contribution < 1.29 is 9.13 Å². The molecule has 270 valence electrons. The molecule has 2 atom stereocenters. The Kier molecular flexibility index (Phi) is 6.71. The van der Waals surface area contributed by atoms with Crippen molar-refractivity contribution in [3.05, 3.63) is 157 Å². The van der Waals surface area contributed by atoms with Gasteiger partial charge < -0.3 is 4.40 Å². The Morgan fingerprint density at radius 3 is 2.38 bits per heavy atom. The topological polar surface area (TPSA) is 12.2 Å². The molecular weight excluding hydrogens is 699 g/mol. The number of aromatic nitrogens is 3. The molecule has 0 bridgehead atoms. The van der Waals surface area contributed by atoms with Gasteiger partial charge in [0.1, 0.15) is 0 Å². The predicted octanol–water partition coefficient (Wildman–Crippen LogP) is 12.9. The van der Waals surface area contributed by atoms with Gasteiger partial charge in [0.25, 0.3) is 0 Å². The van der Waals surface area contributed by atoms with Crippen molar-refractivity contribution in [1.82, 2.24) is 4.40 Å². The third kappa shape index (κ3) is 4.34. The van der Waals surface area contributed by atoms with Crippen LogP contribution in [0, 0.1) is 0 Å². The van der Waals surface area contributed by atoms with E-state index in [1.54, 1.807) is 0 Å². The number of allylic oxidation sites excluding steroid dienone is 1. The van der Waals surface area contributed by atoms with Gasteiger partial charge in [-0.1, -0.05) is 87.5 Å². The smallest absolute Gasteiger partial charge is 0.218 e. The number of benzene rings is 5. The maximum absolute atomic E-state index is 4.82. The average molecular weight is 742 g/mol. The summed E-state index contributed by atoms with van der Waals surface area (Å²) < 4.78 is 10.3. The molecule has 0 spiro atoms. The van der Waals surface area contributed by atoms with Crippen LogP contribution in [0.1, 0.15) is 68.7 Å². The Morgan fingerprint density at radius 1 is 0.714 bits per heavy atom. The number of pyridine rings is 2. The van der Waals surface area contributed by atoms with Crippen molar-refractivity contribution in [2.24, 2.45) is 0 Å². The molecule has 0 amide bonds. The lowest BCUT2D eigenvalue weighted by Crippen LogP contribution is -2.49. The summed E-state index contributed by atoms with van der Waals surface area (Å²) in [7, 11) is 0. The molecule has 2 aliphatic heterocycles. The van der Waals surface area contributed by atoms with Gasteiger partial charge in [-0.3, -0.25) is 0 Å². The van der Waals surface area contributed by atoms with Crippen LogP contribution in [0.5, 0.6) is 0 Å². The zero-order valence-electron chi connectivity index (χ0n) is 32.1. The SMILES string of the molecule is C=C1CC2C(CCc3ccccc3-c3cccc[n+]31)c1cc3c(cc1-c1cc(C(C)(C)CC)cc[n+]12)c1cccc2c4ccc5c6ccccc6sc5c4n3c12. The van der Waals surface area contributed by atoms with Crippen molar-refractivity contribution in [3.8, 4) is 22.5 Å². The highest BCUT2D eigenvalue weighted by atomic mass is 32.1. The first-order valence-corrected chi connectivity index (χ1v) is 21.1. The molecule has 2 unspecified atom stereocenters. The largest absolute Gasteiger partial charge is 0.307 e. The van der Waals surface area contributed by atoms with Crippen LogP contribution in [0.2, 0.25) is 0 Å². The monoisotopic (exact) mass is 741 g/mol. The van der Waals surface area contributed by atoms with Crippen LogP contribution in [-0.2, 0) is 11.8 Å². The maximum atomic E-state index is 4.82. The Morgan fingerprint density at radius 2 is 1.48 bits per heavy atom. The molecule has 0 fully saturated rings. The summed E-state index contributed by atoms with van der Waals surface area (Å²) >= 11 is 1.94. The highest BCUT2D eigenvalue weighted by molar-refractivity contribution is 7.26. The first kappa shape index (κ1) is 32.4. The van der Waals surface area contributed by atoms with Crippen molar-refractivity contribution in [3.63, 3.8) is 0 Å². The number of nitrogens with zero attached hydrogens (tertiary/aromatic N) is 3. The van der Waals surface area contributed by atoms with Gasteiger partial charge in [0.05, 0.1) is 33.2 Å². The third-order valence-electron chi connectivity index (χ3n) is 13.8. The minimum Gasteiger partial charge on any atom is -0.307 e. The predicted molar refractivity (Wildman–Crippen MR) is 235 cm³/mol. The van der Waals surface area contributed by atoms with Gasteiger partial charge in [-0.25, -0.2) is 0 Å². The van der Waals surface area contributed by atoms with Gasteiger partial charge in [-0.05, 0) is 78.3 Å². The molecule has 12 rings (SSSR count). The maximum Gasteiger partial charge on any atom is 0.218 e. The molecule has 3 nitrogen and oxygen atoms in total. The molecule has 7 heterocycles. The van der Waals surface area contributed by atoms with E-state index in [1.807, 2.05) is 11.3 Å². The molecule has 2 aliphatic rings. The summed E-state index contributed by atoms with van der Waals surface area (Å²) in [6.07, 6.45) is 8.62. The number of hydrogen-bond donors (Lipinski definition) is 0. The molecule has 56 heavy (non-hydrogen) atoms. The van der Waals surface area contributed by atoms with Crippen molar-refractivity contribution >= 4 is 75.3 Å². The quantitative estimate of drug-likeness (QED) is 0.156. The molecule has 0 saturated carbocycles. The Labute approximate surface area is 330 Å². The van der Waals surface area contributed by atoms with Gasteiger partial charge in [0.15, 0.2) is 24.1 Å². The highest BCUT2D eigenvalue weighted by Crippen LogP contribution is 2.50. The Hall–Kier alpha value is -5.84. The number of thiophene rings is 1. The number of fused-ring (bicyclic) bond motifs is 19.